The second-order valence-electron chi connectivity index (χ2n) is 8.63. The van der Waals surface area contributed by atoms with E-state index in [0.29, 0.717) is 5.92 Å². The van der Waals surface area contributed by atoms with Crippen LogP contribution < -0.4 is 10.4 Å². The van der Waals surface area contributed by atoms with Crippen molar-refractivity contribution in [3.63, 3.8) is 0 Å². The first kappa shape index (κ1) is 19.8. The summed E-state index contributed by atoms with van der Waals surface area (Å²) < 4.78 is 12.7. The van der Waals surface area contributed by atoms with Gasteiger partial charge in [-0.3, -0.25) is 4.79 Å². The molecule has 3 rings (SSSR count). The van der Waals surface area contributed by atoms with Crippen molar-refractivity contribution >= 4 is 25.4 Å². The Morgan fingerprint density at radius 1 is 1.00 bits per heavy atom. The molecule has 3 nitrogen and oxygen atoms in total. The minimum atomic E-state index is -1.99. The average Bonchev–Trinajstić information content (AvgIpc) is 3.05. The smallest absolute Gasteiger partial charge is 0.305 e. The molecule has 1 aliphatic rings. The molecule has 0 spiro atoms. The van der Waals surface area contributed by atoms with Crippen LogP contribution in [0.5, 0.6) is 0 Å². The van der Waals surface area contributed by atoms with Gasteiger partial charge < -0.3 is 9.16 Å². The summed E-state index contributed by atoms with van der Waals surface area (Å²) in [5.74, 6) is -0.608. The van der Waals surface area contributed by atoms with Crippen molar-refractivity contribution in [3.8, 4) is 0 Å². The summed E-state index contributed by atoms with van der Waals surface area (Å²) in [6, 6.07) is 20.7. The van der Waals surface area contributed by atoms with Crippen molar-refractivity contribution in [1.82, 2.24) is 0 Å². The van der Waals surface area contributed by atoms with Crippen LogP contribution in [0.4, 0.5) is 0 Å². The second-order valence-corrected chi connectivity index (χ2v) is 11.0. The molecule has 0 radical (unpaired) electrons. The van der Waals surface area contributed by atoms with Crippen LogP contribution >= 0.6 is 0 Å². The van der Waals surface area contributed by atoms with E-state index < -0.39 is 14.8 Å². The van der Waals surface area contributed by atoms with Gasteiger partial charge in [-0.15, -0.1) is 0 Å². The van der Waals surface area contributed by atoms with Crippen molar-refractivity contribution in [3.05, 3.63) is 60.7 Å². The van der Waals surface area contributed by atoms with Crippen molar-refractivity contribution in [2.24, 2.45) is 11.3 Å². The maximum Gasteiger partial charge on any atom is 0.305 e. The molecule has 0 aromatic heterocycles. The molecular formula is C23H30O3Si. The number of rotatable bonds is 5. The van der Waals surface area contributed by atoms with Gasteiger partial charge in [0.2, 0.25) is 14.8 Å². The van der Waals surface area contributed by atoms with Gasteiger partial charge in [-0.1, -0.05) is 81.4 Å². The van der Waals surface area contributed by atoms with Crippen LogP contribution in [0.1, 0.15) is 47.0 Å². The van der Waals surface area contributed by atoms with Crippen LogP contribution in [0.25, 0.3) is 0 Å². The van der Waals surface area contributed by atoms with E-state index >= 15 is 0 Å². The van der Waals surface area contributed by atoms with E-state index in [1.807, 2.05) is 36.4 Å². The highest BCUT2D eigenvalue weighted by atomic mass is 28.3. The summed E-state index contributed by atoms with van der Waals surface area (Å²) in [7, 11) is -1.99. The van der Waals surface area contributed by atoms with Gasteiger partial charge in [0.1, 0.15) is 0 Å². The third-order valence-corrected chi connectivity index (χ3v) is 8.17. The van der Waals surface area contributed by atoms with E-state index in [-0.39, 0.29) is 11.4 Å². The Balaban J connectivity index is 1.95. The van der Waals surface area contributed by atoms with Crippen LogP contribution in [0.3, 0.4) is 0 Å². The standard InChI is InChI=1S/C23H30O3Si/c1-18(24)25-23(16-15-19(17-23)22(2,3)4)26-27(20-11-7-5-8-12-20)21-13-9-6-10-14-21/h5-14,19,27H,15-17H2,1-4H3/t19-,23+/m1/s1. The topological polar surface area (TPSA) is 35.5 Å². The summed E-state index contributed by atoms with van der Waals surface area (Å²) >= 11 is 0. The number of esters is 1. The van der Waals surface area contributed by atoms with Gasteiger partial charge in [-0.05, 0) is 28.1 Å². The first-order chi connectivity index (χ1) is 12.8. The highest BCUT2D eigenvalue weighted by Crippen LogP contribution is 2.46. The molecule has 0 bridgehead atoms. The number of carbonyl (C=O) groups is 1. The van der Waals surface area contributed by atoms with Crippen molar-refractivity contribution in [2.75, 3.05) is 0 Å². The van der Waals surface area contributed by atoms with Gasteiger partial charge in [0.05, 0.1) is 0 Å². The summed E-state index contributed by atoms with van der Waals surface area (Å²) in [6.07, 6.45) is 2.54. The molecule has 0 aliphatic heterocycles. The van der Waals surface area contributed by atoms with Crippen LogP contribution in [0.2, 0.25) is 0 Å². The Labute approximate surface area is 164 Å². The number of hydrogen-bond donors (Lipinski definition) is 0. The number of carbonyl (C=O) groups excluding carboxylic acids is 1. The fourth-order valence-electron chi connectivity index (χ4n) is 4.00. The SMILES string of the molecule is CC(=O)O[C@]1(O[SiH](c2ccccc2)c2ccccc2)CC[C@@H](C(C)(C)C)C1. The van der Waals surface area contributed by atoms with Crippen LogP contribution in [-0.2, 0) is 14.0 Å². The minimum absolute atomic E-state index is 0.168. The fourth-order valence-corrected chi connectivity index (χ4v) is 6.49. The summed E-state index contributed by atoms with van der Waals surface area (Å²) in [5.41, 5.74) is 0.168. The van der Waals surface area contributed by atoms with E-state index in [4.69, 9.17) is 9.16 Å². The Kier molecular flexibility index (Phi) is 5.87. The molecule has 2 atom stereocenters. The van der Waals surface area contributed by atoms with E-state index in [1.54, 1.807) is 0 Å². The molecule has 1 aliphatic carbocycles. The third kappa shape index (κ3) is 4.88. The van der Waals surface area contributed by atoms with Crippen molar-refractivity contribution < 1.29 is 14.0 Å². The molecule has 0 unspecified atom stereocenters. The Morgan fingerprint density at radius 2 is 1.52 bits per heavy atom. The van der Waals surface area contributed by atoms with E-state index in [1.165, 1.54) is 17.3 Å². The van der Waals surface area contributed by atoms with Gasteiger partial charge in [-0.25, -0.2) is 0 Å². The molecule has 4 heteroatoms. The molecule has 0 saturated heterocycles. The van der Waals surface area contributed by atoms with E-state index in [0.717, 1.165) is 19.3 Å². The largest absolute Gasteiger partial charge is 0.434 e. The Morgan fingerprint density at radius 3 is 1.93 bits per heavy atom. The predicted octanol–water partition coefficient (Wildman–Crippen LogP) is 3.65. The normalized spacial score (nSPS) is 22.8. The molecule has 1 saturated carbocycles. The number of hydrogen-bond acceptors (Lipinski definition) is 3. The highest BCUT2D eigenvalue weighted by molar-refractivity contribution is 6.80. The van der Waals surface area contributed by atoms with E-state index in [2.05, 4.69) is 45.0 Å². The first-order valence-electron chi connectivity index (χ1n) is 9.76. The predicted molar refractivity (Wildman–Crippen MR) is 112 cm³/mol. The Hall–Kier alpha value is -1.91. The zero-order chi connectivity index (χ0) is 19.5. The number of benzene rings is 2. The lowest BCUT2D eigenvalue weighted by Gasteiger charge is -2.35. The fraction of sp³-hybridized carbons (Fsp3) is 0.435. The minimum Gasteiger partial charge on any atom is -0.434 e. The molecule has 0 N–H and O–H groups in total. The molecule has 2 aromatic carbocycles. The highest BCUT2D eigenvalue weighted by Gasteiger charge is 2.48. The molecular weight excluding hydrogens is 352 g/mol. The van der Waals surface area contributed by atoms with E-state index in [9.17, 15) is 4.79 Å². The summed E-state index contributed by atoms with van der Waals surface area (Å²) in [5, 5.41) is 2.41. The third-order valence-electron chi connectivity index (χ3n) is 5.52. The zero-order valence-corrected chi connectivity index (χ0v) is 17.9. The van der Waals surface area contributed by atoms with Crippen molar-refractivity contribution in [1.29, 1.82) is 0 Å². The first-order valence-corrected chi connectivity index (χ1v) is 11.4. The van der Waals surface area contributed by atoms with Gasteiger partial charge in [0.25, 0.3) is 0 Å². The maximum atomic E-state index is 11.9. The van der Waals surface area contributed by atoms with Crippen LogP contribution in [0.15, 0.2) is 60.7 Å². The maximum absolute atomic E-state index is 11.9. The van der Waals surface area contributed by atoms with Gasteiger partial charge in [0, 0.05) is 19.8 Å². The summed E-state index contributed by atoms with van der Waals surface area (Å²) in [6.45, 7) is 8.25. The van der Waals surface area contributed by atoms with Crippen molar-refractivity contribution in [2.45, 2.75) is 52.7 Å². The Bertz CT molecular complexity index is 715. The average molecular weight is 383 g/mol. The molecule has 0 heterocycles. The monoisotopic (exact) mass is 382 g/mol. The number of ether oxygens (including phenoxy) is 1. The molecule has 27 heavy (non-hydrogen) atoms. The summed E-state index contributed by atoms with van der Waals surface area (Å²) in [4.78, 5) is 11.9. The van der Waals surface area contributed by atoms with Gasteiger partial charge in [-0.2, -0.15) is 0 Å². The lowest BCUT2D eigenvalue weighted by Crippen LogP contribution is -2.52. The lowest BCUT2D eigenvalue weighted by atomic mass is 9.79. The zero-order valence-electron chi connectivity index (χ0n) is 16.8. The second kappa shape index (κ2) is 7.99. The molecule has 0 amide bonds. The quantitative estimate of drug-likeness (QED) is 0.450. The van der Waals surface area contributed by atoms with Crippen LogP contribution in [0, 0.1) is 11.3 Å². The van der Waals surface area contributed by atoms with Gasteiger partial charge >= 0.3 is 5.97 Å². The van der Waals surface area contributed by atoms with Gasteiger partial charge in [0.15, 0.2) is 0 Å². The molecule has 144 valence electrons. The van der Waals surface area contributed by atoms with Crippen LogP contribution in [-0.4, -0.2) is 20.8 Å². The lowest BCUT2D eigenvalue weighted by molar-refractivity contribution is -0.196. The molecule has 2 aromatic rings. The molecule has 1 fully saturated rings.